The first-order valence-electron chi connectivity index (χ1n) is 4.81. The molecule has 3 nitrogen and oxygen atoms in total. The maximum absolute atomic E-state index is 11.4. The summed E-state index contributed by atoms with van der Waals surface area (Å²) in [6.45, 7) is 8.18. The van der Waals surface area contributed by atoms with Gasteiger partial charge in [-0.1, -0.05) is 19.9 Å². The summed E-state index contributed by atoms with van der Waals surface area (Å²) >= 11 is 1.74. The van der Waals surface area contributed by atoms with Gasteiger partial charge in [0.05, 0.1) is 6.04 Å². The molecule has 0 aliphatic heterocycles. The first-order chi connectivity index (χ1) is 6.59. The molecule has 0 saturated carbocycles. The first-order valence-corrected chi connectivity index (χ1v) is 5.97. The van der Waals surface area contributed by atoms with Crippen molar-refractivity contribution < 1.29 is 4.79 Å². The van der Waals surface area contributed by atoms with Gasteiger partial charge in [0.2, 0.25) is 5.91 Å². The maximum atomic E-state index is 11.4. The summed E-state index contributed by atoms with van der Waals surface area (Å²) < 4.78 is 0. The van der Waals surface area contributed by atoms with E-state index in [1.54, 1.807) is 11.8 Å². The highest BCUT2D eigenvalue weighted by molar-refractivity contribution is 7.99. The van der Waals surface area contributed by atoms with Crippen molar-refractivity contribution in [3.05, 3.63) is 12.7 Å². The lowest BCUT2D eigenvalue weighted by atomic mass is 10.1. The number of nitrogens with one attached hydrogen (secondary N) is 1. The van der Waals surface area contributed by atoms with Gasteiger partial charge in [0.1, 0.15) is 0 Å². The summed E-state index contributed by atoms with van der Waals surface area (Å²) in [4.78, 5) is 11.4. The third kappa shape index (κ3) is 6.05. The van der Waals surface area contributed by atoms with Crippen molar-refractivity contribution in [3.63, 3.8) is 0 Å². The zero-order valence-electron chi connectivity index (χ0n) is 8.95. The highest BCUT2D eigenvalue weighted by Crippen LogP contribution is 1.99. The molecule has 3 N–H and O–H groups in total. The third-order valence-electron chi connectivity index (χ3n) is 1.80. The van der Waals surface area contributed by atoms with Crippen LogP contribution < -0.4 is 11.1 Å². The second-order valence-corrected chi connectivity index (χ2v) is 4.57. The Morgan fingerprint density at radius 2 is 2.29 bits per heavy atom. The maximum Gasteiger partial charge on any atom is 0.237 e. The van der Waals surface area contributed by atoms with Gasteiger partial charge in [0.25, 0.3) is 0 Å². The predicted octanol–water partition coefficient (Wildman–Crippen LogP) is 1.01. The molecule has 14 heavy (non-hydrogen) atoms. The summed E-state index contributed by atoms with van der Waals surface area (Å²) in [5.74, 6) is 1.96. The zero-order chi connectivity index (χ0) is 11.0. The Bertz CT molecular complexity index is 183. The van der Waals surface area contributed by atoms with Crippen LogP contribution in [0.15, 0.2) is 12.7 Å². The Morgan fingerprint density at radius 3 is 2.79 bits per heavy atom. The summed E-state index contributed by atoms with van der Waals surface area (Å²) in [5.41, 5.74) is 5.67. The molecule has 0 aromatic carbocycles. The topological polar surface area (TPSA) is 55.1 Å². The van der Waals surface area contributed by atoms with Crippen LogP contribution in [-0.4, -0.2) is 30.0 Å². The molecule has 0 radical (unpaired) electrons. The quantitative estimate of drug-likeness (QED) is 0.493. The van der Waals surface area contributed by atoms with E-state index in [2.05, 4.69) is 11.9 Å². The van der Waals surface area contributed by atoms with E-state index >= 15 is 0 Å². The number of hydrogen-bond acceptors (Lipinski definition) is 3. The lowest BCUT2D eigenvalue weighted by Crippen LogP contribution is -2.44. The van der Waals surface area contributed by atoms with Crippen molar-refractivity contribution in [1.82, 2.24) is 5.32 Å². The van der Waals surface area contributed by atoms with E-state index in [1.807, 2.05) is 19.9 Å². The molecule has 0 aromatic heterocycles. The largest absolute Gasteiger partial charge is 0.354 e. The van der Waals surface area contributed by atoms with E-state index < -0.39 is 0 Å². The lowest BCUT2D eigenvalue weighted by Gasteiger charge is -2.14. The van der Waals surface area contributed by atoms with Crippen molar-refractivity contribution in [3.8, 4) is 0 Å². The van der Waals surface area contributed by atoms with Crippen molar-refractivity contribution >= 4 is 17.7 Å². The average Bonchev–Trinajstić information content (AvgIpc) is 2.16. The van der Waals surface area contributed by atoms with E-state index in [-0.39, 0.29) is 17.9 Å². The Kier molecular flexibility index (Phi) is 7.61. The number of hydrogen-bond donors (Lipinski definition) is 2. The van der Waals surface area contributed by atoms with Gasteiger partial charge >= 0.3 is 0 Å². The van der Waals surface area contributed by atoms with Crippen molar-refractivity contribution in [2.45, 2.75) is 19.9 Å². The second kappa shape index (κ2) is 7.88. The average molecular weight is 216 g/mol. The van der Waals surface area contributed by atoms with Crippen LogP contribution in [0.5, 0.6) is 0 Å². The van der Waals surface area contributed by atoms with Crippen LogP contribution in [0, 0.1) is 5.92 Å². The molecule has 1 amide bonds. The lowest BCUT2D eigenvalue weighted by molar-refractivity contribution is -0.123. The van der Waals surface area contributed by atoms with Crippen LogP contribution in [0.2, 0.25) is 0 Å². The van der Waals surface area contributed by atoms with Gasteiger partial charge in [0, 0.05) is 18.1 Å². The fourth-order valence-electron chi connectivity index (χ4n) is 0.834. The molecule has 0 aliphatic rings. The van der Waals surface area contributed by atoms with Crippen LogP contribution in [0.1, 0.15) is 13.8 Å². The molecule has 0 heterocycles. The Balaban J connectivity index is 3.49. The van der Waals surface area contributed by atoms with Gasteiger partial charge in [-0.3, -0.25) is 4.79 Å². The van der Waals surface area contributed by atoms with Crippen molar-refractivity contribution in [2.24, 2.45) is 11.7 Å². The van der Waals surface area contributed by atoms with Gasteiger partial charge in [-0.15, -0.1) is 6.58 Å². The van der Waals surface area contributed by atoms with Crippen molar-refractivity contribution in [2.75, 3.05) is 18.1 Å². The van der Waals surface area contributed by atoms with Gasteiger partial charge < -0.3 is 11.1 Å². The third-order valence-corrected chi connectivity index (χ3v) is 2.77. The van der Waals surface area contributed by atoms with E-state index in [4.69, 9.17) is 5.73 Å². The number of thioether (sulfide) groups is 1. The zero-order valence-corrected chi connectivity index (χ0v) is 9.77. The van der Waals surface area contributed by atoms with Gasteiger partial charge in [0.15, 0.2) is 0 Å². The minimum Gasteiger partial charge on any atom is -0.354 e. The van der Waals surface area contributed by atoms with E-state index in [0.717, 1.165) is 11.5 Å². The molecule has 0 bridgehead atoms. The summed E-state index contributed by atoms with van der Waals surface area (Å²) in [6, 6.07) is -0.389. The highest BCUT2D eigenvalue weighted by Gasteiger charge is 2.15. The fourth-order valence-corrected chi connectivity index (χ4v) is 1.41. The molecule has 82 valence electrons. The molecule has 0 spiro atoms. The second-order valence-electron chi connectivity index (χ2n) is 3.42. The van der Waals surface area contributed by atoms with E-state index in [1.165, 1.54) is 0 Å². The van der Waals surface area contributed by atoms with Crippen LogP contribution in [-0.2, 0) is 4.79 Å². The Morgan fingerprint density at radius 1 is 1.64 bits per heavy atom. The standard InChI is InChI=1S/C10H20N2OS/c1-4-6-14-7-5-12-10(13)9(11)8(2)3/h4,8-9H,1,5-7,11H2,2-3H3,(H,12,13)/t9-/m0/s1. The van der Waals surface area contributed by atoms with Gasteiger partial charge in [-0.05, 0) is 5.92 Å². The summed E-state index contributed by atoms with van der Waals surface area (Å²) in [7, 11) is 0. The minimum absolute atomic E-state index is 0.0563. The van der Waals surface area contributed by atoms with Gasteiger partial charge in [-0.25, -0.2) is 0 Å². The molecule has 0 rings (SSSR count). The highest BCUT2D eigenvalue weighted by atomic mass is 32.2. The Labute approximate surface area is 90.5 Å². The summed E-state index contributed by atoms with van der Waals surface area (Å²) in [6.07, 6.45) is 1.85. The fraction of sp³-hybridized carbons (Fsp3) is 0.700. The molecule has 1 atom stereocenters. The van der Waals surface area contributed by atoms with Crippen LogP contribution in [0.3, 0.4) is 0 Å². The first kappa shape index (κ1) is 13.5. The van der Waals surface area contributed by atoms with Crippen molar-refractivity contribution in [1.29, 1.82) is 0 Å². The molecule has 4 heteroatoms. The van der Waals surface area contributed by atoms with E-state index in [9.17, 15) is 4.79 Å². The SMILES string of the molecule is C=CCSCCNC(=O)[C@@H](N)C(C)C. The Hall–Kier alpha value is -0.480. The van der Waals surface area contributed by atoms with E-state index in [0.29, 0.717) is 6.54 Å². The summed E-state index contributed by atoms with van der Waals surface area (Å²) in [5, 5.41) is 2.80. The van der Waals surface area contributed by atoms with Crippen LogP contribution in [0.4, 0.5) is 0 Å². The number of rotatable bonds is 7. The number of nitrogens with two attached hydrogens (primary N) is 1. The van der Waals surface area contributed by atoms with Gasteiger partial charge in [-0.2, -0.15) is 11.8 Å². The number of carbonyl (C=O) groups is 1. The molecule has 0 saturated heterocycles. The molecule has 0 unspecified atom stereocenters. The number of amides is 1. The molecular formula is C10H20N2OS. The number of carbonyl (C=O) groups excluding carboxylic acids is 1. The normalized spacial score (nSPS) is 12.6. The molecule has 0 aromatic rings. The monoisotopic (exact) mass is 216 g/mol. The molecule has 0 fully saturated rings. The smallest absolute Gasteiger partial charge is 0.237 e. The molecular weight excluding hydrogens is 196 g/mol. The van der Waals surface area contributed by atoms with Crippen LogP contribution >= 0.6 is 11.8 Å². The molecule has 0 aliphatic carbocycles. The predicted molar refractivity (Wildman–Crippen MR) is 63.3 cm³/mol. The van der Waals surface area contributed by atoms with Crippen LogP contribution in [0.25, 0.3) is 0 Å². The minimum atomic E-state index is -0.389.